The van der Waals surface area contributed by atoms with Crippen LogP contribution < -0.4 is 0 Å². The molecule has 180 valence electrons. The molecule has 4 heterocycles. The highest BCUT2D eigenvalue weighted by atomic mass is 15.1. The Morgan fingerprint density at radius 2 is 1.16 bits per heavy atom. The van der Waals surface area contributed by atoms with Crippen molar-refractivity contribution >= 4 is 54.6 Å². The molecule has 0 fully saturated rings. The zero-order valence-corrected chi connectivity index (χ0v) is 20.8. The fourth-order valence-electron chi connectivity index (χ4n) is 5.97. The summed E-state index contributed by atoms with van der Waals surface area (Å²) in [5.74, 6) is 0.956. The third-order valence-electron chi connectivity index (χ3n) is 7.60. The van der Waals surface area contributed by atoms with E-state index >= 15 is 0 Å². The second-order valence-corrected chi connectivity index (χ2v) is 9.59. The molecule has 0 N–H and O–H groups in total. The first-order chi connectivity index (χ1) is 18.8. The van der Waals surface area contributed by atoms with Gasteiger partial charge in [0.1, 0.15) is 5.82 Å². The van der Waals surface area contributed by atoms with Gasteiger partial charge in [-0.05, 0) is 67.6 Å². The molecule has 5 nitrogen and oxygen atoms in total. The lowest BCUT2D eigenvalue weighted by Crippen LogP contribution is -1.99. The van der Waals surface area contributed by atoms with Gasteiger partial charge in [-0.15, -0.1) is 0 Å². The second-order valence-electron chi connectivity index (χ2n) is 9.59. The standard InChI is InChI=1S/C33H23N5/c1-2-37-32-26-12-8-20-35-30(26)29-25(11-7-19-34-29)31(32)36-33(37)21-15-17-22(18-16-21)38-27-13-5-3-9-23(27)24-10-4-6-14-28(24)38/h3-20H,2H2,1H3. The van der Waals surface area contributed by atoms with E-state index in [1.165, 1.54) is 21.8 Å². The predicted octanol–water partition coefficient (Wildman–Crippen LogP) is 7.92. The third kappa shape index (κ3) is 2.84. The van der Waals surface area contributed by atoms with Gasteiger partial charge in [0.15, 0.2) is 0 Å². The average Bonchev–Trinajstić information content (AvgIpc) is 3.54. The van der Waals surface area contributed by atoms with Crippen molar-refractivity contribution in [2.24, 2.45) is 0 Å². The fraction of sp³-hybridized carbons (Fsp3) is 0.0606. The van der Waals surface area contributed by atoms with E-state index in [9.17, 15) is 0 Å². The summed E-state index contributed by atoms with van der Waals surface area (Å²) in [5.41, 5.74) is 8.52. The Labute approximate surface area is 218 Å². The number of aromatic nitrogens is 5. The van der Waals surface area contributed by atoms with Crippen molar-refractivity contribution in [3.63, 3.8) is 0 Å². The minimum absolute atomic E-state index is 0.802. The van der Waals surface area contributed by atoms with Crippen molar-refractivity contribution in [1.82, 2.24) is 24.1 Å². The molecule has 8 aromatic rings. The minimum Gasteiger partial charge on any atom is -0.324 e. The van der Waals surface area contributed by atoms with E-state index in [0.29, 0.717) is 0 Å². The predicted molar refractivity (Wildman–Crippen MR) is 156 cm³/mol. The third-order valence-corrected chi connectivity index (χ3v) is 7.60. The summed E-state index contributed by atoms with van der Waals surface area (Å²) in [6.45, 7) is 2.98. The van der Waals surface area contributed by atoms with Gasteiger partial charge in [0.25, 0.3) is 0 Å². The molecule has 0 bridgehead atoms. The van der Waals surface area contributed by atoms with E-state index in [2.05, 4.69) is 106 Å². The minimum atomic E-state index is 0.802. The maximum atomic E-state index is 5.21. The molecule has 0 atom stereocenters. The van der Waals surface area contributed by atoms with Crippen LogP contribution in [-0.4, -0.2) is 24.1 Å². The summed E-state index contributed by atoms with van der Waals surface area (Å²) in [6.07, 6.45) is 3.66. The number of hydrogen-bond acceptors (Lipinski definition) is 3. The number of hydrogen-bond donors (Lipinski definition) is 0. The maximum Gasteiger partial charge on any atom is 0.141 e. The Hall–Kier alpha value is -5.03. The first-order valence-corrected chi connectivity index (χ1v) is 12.9. The number of imidazole rings is 1. The number of para-hydroxylation sites is 2. The molecule has 8 rings (SSSR count). The molecule has 0 saturated carbocycles. The second kappa shape index (κ2) is 7.98. The molecule has 38 heavy (non-hydrogen) atoms. The zero-order chi connectivity index (χ0) is 25.2. The summed E-state index contributed by atoms with van der Waals surface area (Å²) >= 11 is 0. The van der Waals surface area contributed by atoms with Crippen molar-refractivity contribution in [2.45, 2.75) is 13.5 Å². The SMILES string of the molecule is CCn1c(-c2ccc(-n3c4ccccc4c4ccccc43)cc2)nc2c3cccnc3c3ncccc3c21. The van der Waals surface area contributed by atoms with Crippen LogP contribution in [0.15, 0.2) is 109 Å². The van der Waals surface area contributed by atoms with Crippen LogP contribution in [-0.2, 0) is 6.54 Å². The van der Waals surface area contributed by atoms with Crippen LogP contribution in [0.1, 0.15) is 6.92 Å². The number of rotatable bonds is 3. The zero-order valence-electron chi connectivity index (χ0n) is 20.8. The van der Waals surface area contributed by atoms with E-state index in [-0.39, 0.29) is 0 Å². The Kier molecular flexibility index (Phi) is 4.43. The van der Waals surface area contributed by atoms with Crippen LogP contribution >= 0.6 is 0 Å². The van der Waals surface area contributed by atoms with Crippen LogP contribution in [0.25, 0.3) is 71.7 Å². The van der Waals surface area contributed by atoms with Gasteiger partial charge in [0.2, 0.25) is 0 Å². The number of aryl methyl sites for hydroxylation is 1. The number of benzene rings is 4. The molecule has 0 amide bonds. The highest BCUT2D eigenvalue weighted by Gasteiger charge is 2.19. The average molecular weight is 490 g/mol. The molecule has 5 heteroatoms. The van der Waals surface area contributed by atoms with Crippen molar-refractivity contribution in [1.29, 1.82) is 0 Å². The summed E-state index contributed by atoms with van der Waals surface area (Å²) in [7, 11) is 0. The Morgan fingerprint density at radius 3 is 1.82 bits per heavy atom. The number of nitrogens with zero attached hydrogens (tertiary/aromatic N) is 5. The molecule has 0 aliphatic carbocycles. The topological polar surface area (TPSA) is 48.5 Å². The van der Waals surface area contributed by atoms with Crippen LogP contribution in [0.4, 0.5) is 0 Å². The number of fused-ring (bicyclic) bond motifs is 9. The summed E-state index contributed by atoms with van der Waals surface area (Å²) < 4.78 is 4.65. The molecule has 0 spiro atoms. The van der Waals surface area contributed by atoms with E-state index in [1.807, 2.05) is 24.5 Å². The van der Waals surface area contributed by atoms with Gasteiger partial charge in [-0.2, -0.15) is 0 Å². The van der Waals surface area contributed by atoms with Gasteiger partial charge < -0.3 is 9.13 Å². The van der Waals surface area contributed by atoms with Gasteiger partial charge in [-0.3, -0.25) is 9.97 Å². The first-order valence-electron chi connectivity index (χ1n) is 12.9. The van der Waals surface area contributed by atoms with E-state index in [1.54, 1.807) is 0 Å². The monoisotopic (exact) mass is 489 g/mol. The molecule has 0 unspecified atom stereocenters. The molecule has 0 aliphatic rings. The van der Waals surface area contributed by atoms with Crippen LogP contribution in [0, 0.1) is 0 Å². The van der Waals surface area contributed by atoms with Crippen molar-refractivity contribution < 1.29 is 0 Å². The van der Waals surface area contributed by atoms with Gasteiger partial charge in [-0.1, -0.05) is 36.4 Å². The normalized spacial score (nSPS) is 11.9. The summed E-state index contributed by atoms with van der Waals surface area (Å²) in [4.78, 5) is 14.6. The van der Waals surface area contributed by atoms with Gasteiger partial charge >= 0.3 is 0 Å². The van der Waals surface area contributed by atoms with Crippen molar-refractivity contribution in [3.8, 4) is 17.1 Å². The number of pyridine rings is 2. The molecule has 4 aromatic heterocycles. The van der Waals surface area contributed by atoms with E-state index in [4.69, 9.17) is 9.97 Å². The highest BCUT2D eigenvalue weighted by molar-refractivity contribution is 6.21. The Bertz CT molecular complexity index is 2110. The largest absolute Gasteiger partial charge is 0.324 e. The first kappa shape index (κ1) is 21.1. The lowest BCUT2D eigenvalue weighted by molar-refractivity contribution is 0.798. The van der Waals surface area contributed by atoms with Gasteiger partial charge in [-0.25, -0.2) is 4.98 Å². The lowest BCUT2D eigenvalue weighted by Gasteiger charge is -2.11. The highest BCUT2D eigenvalue weighted by Crippen LogP contribution is 2.37. The molecule has 4 aromatic carbocycles. The van der Waals surface area contributed by atoms with Crippen LogP contribution in [0.5, 0.6) is 0 Å². The molecule has 0 saturated heterocycles. The molecule has 0 aliphatic heterocycles. The maximum absolute atomic E-state index is 5.21. The lowest BCUT2D eigenvalue weighted by atomic mass is 10.1. The van der Waals surface area contributed by atoms with Crippen LogP contribution in [0.2, 0.25) is 0 Å². The Balaban J connectivity index is 1.36. The Morgan fingerprint density at radius 1 is 0.579 bits per heavy atom. The molecular formula is C33H23N5. The molecule has 0 radical (unpaired) electrons. The van der Waals surface area contributed by atoms with Crippen molar-refractivity contribution in [2.75, 3.05) is 0 Å². The summed E-state index contributed by atoms with van der Waals surface area (Å²) in [5, 5.41) is 4.64. The van der Waals surface area contributed by atoms with E-state index < -0.39 is 0 Å². The summed E-state index contributed by atoms with van der Waals surface area (Å²) in [6, 6.07) is 34.2. The van der Waals surface area contributed by atoms with Gasteiger partial charge in [0.05, 0.1) is 33.1 Å². The molecular weight excluding hydrogens is 466 g/mol. The van der Waals surface area contributed by atoms with Crippen LogP contribution in [0.3, 0.4) is 0 Å². The van der Waals surface area contributed by atoms with Gasteiger partial charge in [0, 0.05) is 51.7 Å². The smallest absolute Gasteiger partial charge is 0.141 e. The van der Waals surface area contributed by atoms with Crippen molar-refractivity contribution in [3.05, 3.63) is 109 Å². The quantitative estimate of drug-likeness (QED) is 0.237. The van der Waals surface area contributed by atoms with E-state index in [0.717, 1.165) is 56.5 Å². The fourth-order valence-corrected chi connectivity index (χ4v) is 5.97.